The van der Waals surface area contributed by atoms with Crippen molar-refractivity contribution in [3.63, 3.8) is 0 Å². The Bertz CT molecular complexity index is 820. The van der Waals surface area contributed by atoms with Gasteiger partial charge in [0.2, 0.25) is 10.0 Å². The number of carbonyl (C=O) groups excluding carboxylic acids is 1. The maximum absolute atomic E-state index is 13.0. The van der Waals surface area contributed by atoms with Gasteiger partial charge in [-0.25, -0.2) is 13.1 Å². The van der Waals surface area contributed by atoms with Crippen LogP contribution in [0.3, 0.4) is 0 Å². The van der Waals surface area contributed by atoms with E-state index in [2.05, 4.69) is 4.72 Å². The molecule has 1 amide bonds. The quantitative estimate of drug-likeness (QED) is 0.752. The van der Waals surface area contributed by atoms with Crippen LogP contribution in [0.25, 0.3) is 0 Å². The van der Waals surface area contributed by atoms with Crippen LogP contribution in [-0.2, 0) is 14.8 Å². The van der Waals surface area contributed by atoms with Gasteiger partial charge in [-0.1, -0.05) is 6.07 Å². The lowest BCUT2D eigenvalue weighted by atomic mass is 10.1. The summed E-state index contributed by atoms with van der Waals surface area (Å²) in [5, 5.41) is 9.10. The summed E-state index contributed by atoms with van der Waals surface area (Å²) >= 11 is 1.62. The fraction of sp³-hybridized carbons (Fsp3) is 0.529. The minimum Gasteiger partial charge on any atom is -0.481 e. The van der Waals surface area contributed by atoms with Gasteiger partial charge in [0.05, 0.1) is 17.4 Å². The number of carbonyl (C=O) groups is 2. The lowest BCUT2D eigenvalue weighted by Gasteiger charge is -2.35. The molecule has 1 aromatic rings. The summed E-state index contributed by atoms with van der Waals surface area (Å²) in [6.45, 7) is 2.21. The molecule has 1 saturated heterocycles. The van der Waals surface area contributed by atoms with Gasteiger partial charge in [-0.2, -0.15) is 11.8 Å². The number of nitrogens with zero attached hydrogens (tertiary/aromatic N) is 1. The van der Waals surface area contributed by atoms with Crippen molar-refractivity contribution in [3.05, 3.63) is 29.3 Å². The monoisotopic (exact) mass is 398 g/mol. The molecule has 2 fully saturated rings. The van der Waals surface area contributed by atoms with Crippen LogP contribution >= 0.6 is 11.8 Å². The SMILES string of the molecule is Cc1ccc(S(=O)(=O)NC2CC2)cc1C(=O)N1CCSCC1CC(=O)O. The Morgan fingerprint density at radius 2 is 2.08 bits per heavy atom. The fourth-order valence-electron chi connectivity index (χ4n) is 2.93. The number of hydrogen-bond acceptors (Lipinski definition) is 5. The third kappa shape index (κ3) is 4.39. The summed E-state index contributed by atoms with van der Waals surface area (Å²) in [6.07, 6.45) is 1.55. The van der Waals surface area contributed by atoms with E-state index in [0.29, 0.717) is 23.4 Å². The molecule has 1 atom stereocenters. The predicted molar refractivity (Wildman–Crippen MR) is 98.9 cm³/mol. The third-order valence-electron chi connectivity index (χ3n) is 4.55. The highest BCUT2D eigenvalue weighted by Crippen LogP contribution is 2.26. The number of amides is 1. The van der Waals surface area contributed by atoms with Crippen LogP contribution in [0.1, 0.15) is 35.2 Å². The zero-order valence-corrected chi connectivity index (χ0v) is 16.1. The van der Waals surface area contributed by atoms with Crippen molar-refractivity contribution in [1.29, 1.82) is 0 Å². The molecule has 1 aliphatic heterocycles. The number of carboxylic acids is 1. The average Bonchev–Trinajstić information content (AvgIpc) is 3.37. The molecule has 142 valence electrons. The largest absolute Gasteiger partial charge is 0.481 e. The Morgan fingerprint density at radius 1 is 1.35 bits per heavy atom. The highest BCUT2D eigenvalue weighted by molar-refractivity contribution is 7.99. The van der Waals surface area contributed by atoms with Crippen molar-refractivity contribution in [2.75, 3.05) is 18.1 Å². The number of benzene rings is 1. The smallest absolute Gasteiger partial charge is 0.305 e. The number of nitrogens with one attached hydrogen (secondary N) is 1. The summed E-state index contributed by atoms with van der Waals surface area (Å²) in [5.74, 6) is 0.0509. The van der Waals surface area contributed by atoms with E-state index < -0.39 is 16.0 Å². The molecule has 0 radical (unpaired) electrons. The first-order chi connectivity index (χ1) is 12.3. The van der Waals surface area contributed by atoms with Gasteiger partial charge < -0.3 is 10.0 Å². The van der Waals surface area contributed by atoms with E-state index in [0.717, 1.165) is 18.6 Å². The lowest BCUT2D eigenvalue weighted by molar-refractivity contribution is -0.138. The van der Waals surface area contributed by atoms with E-state index >= 15 is 0 Å². The summed E-state index contributed by atoms with van der Waals surface area (Å²) in [7, 11) is -3.65. The fourth-order valence-corrected chi connectivity index (χ4v) is 5.33. The molecule has 2 N–H and O–H groups in total. The van der Waals surface area contributed by atoms with Gasteiger partial charge in [0, 0.05) is 29.7 Å². The third-order valence-corrected chi connectivity index (χ3v) is 7.16. The van der Waals surface area contributed by atoms with Crippen molar-refractivity contribution < 1.29 is 23.1 Å². The van der Waals surface area contributed by atoms with Crippen molar-refractivity contribution in [2.24, 2.45) is 0 Å². The zero-order chi connectivity index (χ0) is 18.9. The van der Waals surface area contributed by atoms with Gasteiger partial charge in [0.15, 0.2) is 0 Å². The maximum atomic E-state index is 13.0. The van der Waals surface area contributed by atoms with E-state index in [9.17, 15) is 18.0 Å². The molecule has 1 heterocycles. The zero-order valence-electron chi connectivity index (χ0n) is 14.5. The summed E-state index contributed by atoms with van der Waals surface area (Å²) in [4.78, 5) is 25.8. The van der Waals surface area contributed by atoms with Crippen LogP contribution in [0, 0.1) is 6.92 Å². The topological polar surface area (TPSA) is 104 Å². The molecule has 2 aliphatic rings. The van der Waals surface area contributed by atoms with Gasteiger partial charge in [0.1, 0.15) is 0 Å². The van der Waals surface area contributed by atoms with Gasteiger partial charge in [-0.05, 0) is 37.5 Å². The molecule has 1 unspecified atom stereocenters. The molecule has 1 saturated carbocycles. The molecule has 1 aliphatic carbocycles. The minimum absolute atomic E-state index is 0.0143. The number of sulfonamides is 1. The van der Waals surface area contributed by atoms with Crippen LogP contribution in [0.4, 0.5) is 0 Å². The Morgan fingerprint density at radius 3 is 2.73 bits per heavy atom. The summed E-state index contributed by atoms with van der Waals surface area (Å²) < 4.78 is 27.5. The maximum Gasteiger partial charge on any atom is 0.305 e. The van der Waals surface area contributed by atoms with Crippen LogP contribution < -0.4 is 4.72 Å². The standard InChI is InChI=1S/C17H22N2O5S2/c1-11-2-5-14(26(23,24)18-12-3-4-12)9-15(11)17(22)19-6-7-25-10-13(19)8-16(20)21/h2,5,9,12-13,18H,3-4,6-8,10H2,1H3,(H,20,21). The van der Waals surface area contributed by atoms with Gasteiger partial charge in [0.25, 0.3) is 5.91 Å². The van der Waals surface area contributed by atoms with Crippen LogP contribution in [-0.4, -0.2) is 60.4 Å². The molecular weight excluding hydrogens is 376 g/mol. The molecule has 9 heteroatoms. The second-order valence-corrected chi connectivity index (χ2v) is 9.56. The molecule has 0 spiro atoms. The van der Waals surface area contributed by atoms with E-state index in [4.69, 9.17) is 5.11 Å². The number of carboxylic acid groups (broad SMARTS) is 1. The Kier molecular flexibility index (Phi) is 5.59. The van der Waals surface area contributed by atoms with Crippen LogP contribution in [0.2, 0.25) is 0 Å². The average molecular weight is 399 g/mol. The Balaban J connectivity index is 1.88. The number of aryl methyl sites for hydroxylation is 1. The number of thioether (sulfide) groups is 1. The van der Waals surface area contributed by atoms with Crippen molar-refractivity contribution in [2.45, 2.75) is 43.2 Å². The number of hydrogen-bond donors (Lipinski definition) is 2. The normalized spacial score (nSPS) is 20.8. The number of aliphatic carboxylic acids is 1. The summed E-state index contributed by atoms with van der Waals surface area (Å²) in [5.41, 5.74) is 0.985. The molecule has 7 nitrogen and oxygen atoms in total. The minimum atomic E-state index is -3.65. The van der Waals surface area contributed by atoms with Gasteiger partial charge >= 0.3 is 5.97 Å². The second kappa shape index (κ2) is 7.58. The molecule has 26 heavy (non-hydrogen) atoms. The van der Waals surface area contributed by atoms with E-state index in [1.165, 1.54) is 12.1 Å². The first kappa shape index (κ1) is 19.2. The molecular formula is C17H22N2O5S2. The van der Waals surface area contributed by atoms with Gasteiger partial charge in [-0.15, -0.1) is 0 Å². The van der Waals surface area contributed by atoms with Gasteiger partial charge in [-0.3, -0.25) is 9.59 Å². The predicted octanol–water partition coefficient (Wildman–Crippen LogP) is 1.47. The number of rotatable bonds is 6. The van der Waals surface area contributed by atoms with E-state index in [-0.39, 0.29) is 29.3 Å². The highest BCUT2D eigenvalue weighted by atomic mass is 32.2. The molecule has 0 bridgehead atoms. The first-order valence-corrected chi connectivity index (χ1v) is 11.1. The second-order valence-electron chi connectivity index (χ2n) is 6.70. The first-order valence-electron chi connectivity index (χ1n) is 8.51. The van der Waals surface area contributed by atoms with Crippen molar-refractivity contribution in [1.82, 2.24) is 9.62 Å². The Hall–Kier alpha value is -1.58. The molecule has 3 rings (SSSR count). The molecule has 0 aromatic heterocycles. The van der Waals surface area contributed by atoms with Crippen molar-refractivity contribution >= 4 is 33.7 Å². The Labute approximate surface area is 157 Å². The highest BCUT2D eigenvalue weighted by Gasteiger charge is 2.32. The lowest BCUT2D eigenvalue weighted by Crippen LogP contribution is -2.47. The van der Waals surface area contributed by atoms with Crippen LogP contribution in [0.5, 0.6) is 0 Å². The van der Waals surface area contributed by atoms with Crippen molar-refractivity contribution in [3.8, 4) is 0 Å². The molecule has 1 aromatic carbocycles. The summed E-state index contributed by atoms with van der Waals surface area (Å²) in [6, 6.07) is 4.13. The van der Waals surface area contributed by atoms with E-state index in [1.54, 1.807) is 29.7 Å². The van der Waals surface area contributed by atoms with E-state index in [1.807, 2.05) is 0 Å². The van der Waals surface area contributed by atoms with Crippen LogP contribution in [0.15, 0.2) is 23.1 Å².